The van der Waals surface area contributed by atoms with Crippen molar-refractivity contribution in [1.82, 2.24) is 9.88 Å². The number of carbonyl (C=O) groups is 1. The molecule has 33 heavy (non-hydrogen) atoms. The van der Waals surface area contributed by atoms with E-state index in [1.54, 1.807) is 18.2 Å². The van der Waals surface area contributed by atoms with Crippen molar-refractivity contribution in [2.45, 2.75) is 44.6 Å². The Morgan fingerprint density at radius 2 is 2.03 bits per heavy atom. The molecule has 1 aliphatic carbocycles. The molecule has 5 nitrogen and oxygen atoms in total. The number of amides is 1. The number of benzene rings is 2. The molecule has 1 fully saturated rings. The molecule has 0 atom stereocenters. The van der Waals surface area contributed by atoms with Crippen LogP contribution in [-0.4, -0.2) is 35.0 Å². The van der Waals surface area contributed by atoms with E-state index in [4.69, 9.17) is 10.5 Å². The van der Waals surface area contributed by atoms with Crippen LogP contribution in [0.25, 0.3) is 17.0 Å². The molecule has 2 aliphatic rings. The average Bonchev–Trinajstić information content (AvgIpc) is 3.16. The number of carbonyl (C=O) groups excluding carboxylic acids is 1. The first-order chi connectivity index (χ1) is 16.0. The van der Waals surface area contributed by atoms with Crippen molar-refractivity contribution < 1.29 is 18.3 Å². The summed E-state index contributed by atoms with van der Waals surface area (Å²) < 4.78 is 34.0. The zero-order chi connectivity index (χ0) is 22.9. The van der Waals surface area contributed by atoms with Crippen molar-refractivity contribution in [1.29, 1.82) is 0 Å². The fourth-order valence-corrected chi connectivity index (χ4v) is 4.79. The van der Waals surface area contributed by atoms with Crippen LogP contribution in [0.5, 0.6) is 5.75 Å². The van der Waals surface area contributed by atoms with Crippen LogP contribution in [0, 0.1) is 11.6 Å². The maximum Gasteiger partial charge on any atom is 0.252 e. The molecule has 0 saturated heterocycles. The third-order valence-corrected chi connectivity index (χ3v) is 6.79. The average molecular weight is 452 g/mol. The standard InChI is InChI=1S/C26H27F2N3O2/c27-17-7-10-24-21(12-17)16(14-30-24)4-1-2-11-31(18-5-3-6-18)19-13-22-23(28)9-8-20(26(29)32)25(22)33-15-19/h7-10,12-14,18,30H,1-6,11,15H2,(H2,29,32). The summed E-state index contributed by atoms with van der Waals surface area (Å²) in [4.78, 5) is 17.2. The number of nitrogens with zero attached hydrogens (tertiary/aromatic N) is 1. The molecule has 3 N–H and O–H groups in total. The Kier molecular flexibility index (Phi) is 5.79. The molecule has 0 radical (unpaired) electrons. The van der Waals surface area contributed by atoms with Crippen LogP contribution < -0.4 is 10.5 Å². The van der Waals surface area contributed by atoms with Gasteiger partial charge in [0.1, 0.15) is 24.0 Å². The third-order valence-electron chi connectivity index (χ3n) is 6.79. The molecule has 172 valence electrons. The molecule has 7 heteroatoms. The largest absolute Gasteiger partial charge is 0.486 e. The fraction of sp³-hybridized carbons (Fsp3) is 0.346. The second-order valence-electron chi connectivity index (χ2n) is 8.87. The summed E-state index contributed by atoms with van der Waals surface area (Å²) in [5.41, 5.74) is 8.92. The number of aromatic nitrogens is 1. The van der Waals surface area contributed by atoms with Crippen molar-refractivity contribution in [3.63, 3.8) is 0 Å². The summed E-state index contributed by atoms with van der Waals surface area (Å²) in [6.07, 6.45) is 9.93. The van der Waals surface area contributed by atoms with Crippen LogP contribution >= 0.6 is 0 Å². The van der Waals surface area contributed by atoms with E-state index in [1.807, 2.05) is 6.20 Å². The van der Waals surface area contributed by atoms with Crippen LogP contribution in [0.15, 0.2) is 42.2 Å². The molecule has 0 unspecified atom stereocenters. The molecule has 2 heterocycles. The van der Waals surface area contributed by atoms with Gasteiger partial charge >= 0.3 is 0 Å². The number of H-pyrrole nitrogens is 1. The van der Waals surface area contributed by atoms with Gasteiger partial charge in [-0.15, -0.1) is 0 Å². The van der Waals surface area contributed by atoms with Gasteiger partial charge in [0.05, 0.1) is 16.8 Å². The predicted molar refractivity (Wildman–Crippen MR) is 124 cm³/mol. The number of nitrogens with two attached hydrogens (primary N) is 1. The van der Waals surface area contributed by atoms with Crippen molar-refractivity contribution in [2.75, 3.05) is 13.2 Å². The lowest BCUT2D eigenvalue weighted by Gasteiger charge is -2.41. The summed E-state index contributed by atoms with van der Waals surface area (Å²) in [5.74, 6) is -1.05. The number of ether oxygens (including phenoxy) is 1. The van der Waals surface area contributed by atoms with Crippen LogP contribution in [0.1, 0.15) is 53.6 Å². The van der Waals surface area contributed by atoms with Gasteiger partial charge < -0.3 is 20.4 Å². The highest BCUT2D eigenvalue weighted by molar-refractivity contribution is 5.97. The minimum Gasteiger partial charge on any atom is -0.486 e. The van der Waals surface area contributed by atoms with E-state index >= 15 is 0 Å². The Labute approximate surface area is 191 Å². The van der Waals surface area contributed by atoms with Gasteiger partial charge in [0.15, 0.2) is 0 Å². The summed E-state index contributed by atoms with van der Waals surface area (Å²) in [7, 11) is 0. The molecule has 0 bridgehead atoms. The maximum absolute atomic E-state index is 14.5. The smallest absolute Gasteiger partial charge is 0.252 e. The van der Waals surface area contributed by atoms with Crippen molar-refractivity contribution in [2.24, 2.45) is 5.73 Å². The minimum atomic E-state index is -0.629. The Bertz CT molecular complexity index is 1230. The zero-order valence-electron chi connectivity index (χ0n) is 18.4. The number of fused-ring (bicyclic) bond motifs is 2. The third kappa shape index (κ3) is 4.19. The number of rotatable bonds is 8. The first-order valence-corrected chi connectivity index (χ1v) is 11.5. The van der Waals surface area contributed by atoms with Gasteiger partial charge in [-0.25, -0.2) is 8.78 Å². The topological polar surface area (TPSA) is 71.4 Å². The Morgan fingerprint density at radius 3 is 2.79 bits per heavy atom. The highest BCUT2D eigenvalue weighted by Gasteiger charge is 2.30. The Morgan fingerprint density at radius 1 is 1.18 bits per heavy atom. The van der Waals surface area contributed by atoms with Gasteiger partial charge in [-0.1, -0.05) is 0 Å². The fourth-order valence-electron chi connectivity index (χ4n) is 4.79. The van der Waals surface area contributed by atoms with E-state index in [2.05, 4.69) is 9.88 Å². The number of unbranched alkanes of at least 4 members (excludes halogenated alkanes) is 1. The van der Waals surface area contributed by atoms with Crippen LogP contribution in [0.3, 0.4) is 0 Å². The second kappa shape index (κ2) is 8.89. The first-order valence-electron chi connectivity index (χ1n) is 11.5. The number of hydrogen-bond acceptors (Lipinski definition) is 3. The van der Waals surface area contributed by atoms with Crippen molar-refractivity contribution >= 4 is 22.9 Å². The number of aromatic amines is 1. The highest BCUT2D eigenvalue weighted by atomic mass is 19.1. The summed E-state index contributed by atoms with van der Waals surface area (Å²) >= 11 is 0. The second-order valence-corrected chi connectivity index (χ2v) is 8.87. The van der Waals surface area contributed by atoms with Crippen LogP contribution in [-0.2, 0) is 6.42 Å². The lowest BCUT2D eigenvalue weighted by atomic mass is 9.90. The van der Waals surface area contributed by atoms with E-state index in [0.29, 0.717) is 6.04 Å². The number of halogens is 2. The van der Waals surface area contributed by atoms with Crippen LogP contribution in [0.2, 0.25) is 0 Å². The zero-order valence-corrected chi connectivity index (χ0v) is 18.4. The quantitative estimate of drug-likeness (QED) is 0.465. The summed E-state index contributed by atoms with van der Waals surface area (Å²) in [5, 5.41) is 0.937. The summed E-state index contributed by atoms with van der Waals surface area (Å²) in [6.45, 7) is 1.12. The van der Waals surface area contributed by atoms with Crippen molar-refractivity contribution in [3.05, 3.63) is 70.6 Å². The molecule has 1 saturated carbocycles. The van der Waals surface area contributed by atoms with Gasteiger partial charge in [0.2, 0.25) is 0 Å². The molecule has 0 spiro atoms. The van der Waals surface area contributed by atoms with E-state index in [9.17, 15) is 13.6 Å². The van der Waals surface area contributed by atoms with E-state index in [0.717, 1.165) is 60.8 Å². The molecule has 2 aromatic carbocycles. The first kappa shape index (κ1) is 21.5. The number of hydrogen-bond donors (Lipinski definition) is 2. The Balaban J connectivity index is 1.30. The van der Waals surface area contributed by atoms with E-state index < -0.39 is 11.7 Å². The molecule has 1 amide bonds. The monoisotopic (exact) mass is 451 g/mol. The van der Waals surface area contributed by atoms with E-state index in [-0.39, 0.29) is 29.3 Å². The molecule has 1 aromatic heterocycles. The van der Waals surface area contributed by atoms with Crippen LogP contribution in [0.4, 0.5) is 8.78 Å². The van der Waals surface area contributed by atoms with Gasteiger partial charge in [-0.2, -0.15) is 0 Å². The molecule has 5 rings (SSSR count). The maximum atomic E-state index is 14.5. The minimum absolute atomic E-state index is 0.201. The number of nitrogens with one attached hydrogen (secondary N) is 1. The Hall–Kier alpha value is -3.35. The molecular weight excluding hydrogens is 424 g/mol. The molecular formula is C26H27F2N3O2. The SMILES string of the molecule is NC(=O)c1ccc(F)c2c1OCC(N(CCCCc1c[nH]c3ccc(F)cc13)C1CCC1)=C2. The van der Waals surface area contributed by atoms with Crippen molar-refractivity contribution in [3.8, 4) is 5.75 Å². The lowest BCUT2D eigenvalue weighted by molar-refractivity contribution is 0.0994. The lowest BCUT2D eigenvalue weighted by Crippen LogP contribution is -2.42. The van der Waals surface area contributed by atoms with Gasteiger partial charge in [-0.05, 0) is 80.5 Å². The van der Waals surface area contributed by atoms with Gasteiger partial charge in [0, 0.05) is 29.7 Å². The highest BCUT2D eigenvalue weighted by Crippen LogP contribution is 2.36. The van der Waals surface area contributed by atoms with Gasteiger partial charge in [0.25, 0.3) is 5.91 Å². The number of primary amides is 1. The van der Waals surface area contributed by atoms with E-state index in [1.165, 1.54) is 24.6 Å². The predicted octanol–water partition coefficient (Wildman–Crippen LogP) is 5.16. The summed E-state index contributed by atoms with van der Waals surface area (Å²) in [6, 6.07) is 7.87. The molecule has 3 aromatic rings. The number of aryl methyl sites for hydroxylation is 1. The van der Waals surface area contributed by atoms with Gasteiger partial charge in [-0.3, -0.25) is 4.79 Å². The normalized spacial score (nSPS) is 15.5. The molecule has 1 aliphatic heterocycles.